The van der Waals surface area contributed by atoms with E-state index in [-0.39, 0.29) is 5.78 Å². The molecular formula is C18H14ClNO. The molecule has 104 valence electrons. The molecule has 3 rings (SSSR count). The van der Waals surface area contributed by atoms with Crippen molar-refractivity contribution in [2.24, 2.45) is 0 Å². The lowest BCUT2D eigenvalue weighted by Crippen LogP contribution is -1.93. The predicted octanol–water partition coefficient (Wildman–Crippen LogP) is 5.03. The van der Waals surface area contributed by atoms with Crippen LogP contribution in [0.1, 0.15) is 21.6 Å². The number of rotatable bonds is 3. The van der Waals surface area contributed by atoms with Crippen LogP contribution in [0.4, 0.5) is 0 Å². The highest BCUT2D eigenvalue weighted by Crippen LogP contribution is 2.23. The van der Waals surface area contributed by atoms with E-state index >= 15 is 0 Å². The molecule has 0 bridgehead atoms. The second-order valence-corrected chi connectivity index (χ2v) is 5.35. The molecule has 0 unspecified atom stereocenters. The van der Waals surface area contributed by atoms with Crippen molar-refractivity contribution in [3.63, 3.8) is 0 Å². The minimum absolute atomic E-state index is 0.0312. The van der Waals surface area contributed by atoms with E-state index in [0.717, 1.165) is 22.2 Å². The van der Waals surface area contributed by atoms with Crippen LogP contribution in [0.15, 0.2) is 54.6 Å². The van der Waals surface area contributed by atoms with E-state index in [2.05, 4.69) is 4.98 Å². The predicted molar refractivity (Wildman–Crippen MR) is 87.9 cm³/mol. The molecule has 3 heteroatoms. The maximum Gasteiger partial charge on any atom is 0.185 e. The summed E-state index contributed by atoms with van der Waals surface area (Å²) in [6.45, 7) is 2.01. The van der Waals surface area contributed by atoms with E-state index in [1.165, 1.54) is 0 Å². The lowest BCUT2D eigenvalue weighted by molar-refractivity contribution is 0.104. The quantitative estimate of drug-likeness (QED) is 0.534. The summed E-state index contributed by atoms with van der Waals surface area (Å²) in [5.41, 5.74) is 3.81. The number of aromatic nitrogens is 1. The zero-order chi connectivity index (χ0) is 14.8. The molecule has 1 N–H and O–H groups in total. The van der Waals surface area contributed by atoms with E-state index in [4.69, 9.17) is 11.6 Å². The highest BCUT2D eigenvalue weighted by molar-refractivity contribution is 6.30. The number of H-pyrrole nitrogens is 1. The van der Waals surface area contributed by atoms with E-state index in [0.29, 0.717) is 10.6 Å². The van der Waals surface area contributed by atoms with Gasteiger partial charge >= 0.3 is 0 Å². The fraction of sp³-hybridized carbons (Fsp3) is 0.0556. The molecule has 2 aromatic carbocycles. The summed E-state index contributed by atoms with van der Waals surface area (Å²) in [5, 5.41) is 1.75. The first-order valence-corrected chi connectivity index (χ1v) is 7.08. The Hall–Kier alpha value is -2.32. The SMILES string of the molecule is Cc1[nH]c2ccccc2c1/C=C/C(=O)c1ccc(Cl)cc1. The van der Waals surface area contributed by atoms with Gasteiger partial charge in [-0.3, -0.25) is 4.79 Å². The van der Waals surface area contributed by atoms with E-state index < -0.39 is 0 Å². The van der Waals surface area contributed by atoms with Crippen LogP contribution in [-0.2, 0) is 0 Å². The molecular weight excluding hydrogens is 282 g/mol. The van der Waals surface area contributed by atoms with Crippen LogP contribution in [0.3, 0.4) is 0 Å². The number of halogens is 1. The number of aromatic amines is 1. The first-order valence-electron chi connectivity index (χ1n) is 6.70. The van der Waals surface area contributed by atoms with Crippen molar-refractivity contribution < 1.29 is 4.79 Å². The van der Waals surface area contributed by atoms with Crippen molar-refractivity contribution in [1.82, 2.24) is 4.98 Å². The van der Waals surface area contributed by atoms with Crippen molar-refractivity contribution in [3.05, 3.63) is 76.5 Å². The normalized spacial score (nSPS) is 11.3. The third-order valence-corrected chi connectivity index (χ3v) is 3.73. The van der Waals surface area contributed by atoms with Crippen LogP contribution in [0.2, 0.25) is 5.02 Å². The lowest BCUT2D eigenvalue weighted by Gasteiger charge is -1.96. The number of hydrogen-bond acceptors (Lipinski definition) is 1. The van der Waals surface area contributed by atoms with Gasteiger partial charge in [-0.15, -0.1) is 0 Å². The summed E-state index contributed by atoms with van der Waals surface area (Å²) in [4.78, 5) is 15.5. The van der Waals surface area contributed by atoms with E-state index in [9.17, 15) is 4.79 Å². The molecule has 0 saturated heterocycles. The van der Waals surface area contributed by atoms with Crippen LogP contribution in [0, 0.1) is 6.92 Å². The summed E-state index contributed by atoms with van der Waals surface area (Å²) in [7, 11) is 0. The van der Waals surface area contributed by atoms with Gasteiger partial charge in [0.1, 0.15) is 0 Å². The summed E-state index contributed by atoms with van der Waals surface area (Å²) in [6, 6.07) is 15.0. The number of ketones is 1. The number of allylic oxidation sites excluding steroid dienone is 1. The van der Waals surface area contributed by atoms with Crippen LogP contribution in [0.25, 0.3) is 17.0 Å². The van der Waals surface area contributed by atoms with Crippen LogP contribution < -0.4 is 0 Å². The molecule has 21 heavy (non-hydrogen) atoms. The Kier molecular flexibility index (Phi) is 3.63. The third kappa shape index (κ3) is 2.76. The molecule has 1 aromatic heterocycles. The molecule has 0 radical (unpaired) electrons. The molecule has 0 aliphatic carbocycles. The number of aryl methyl sites for hydroxylation is 1. The molecule has 0 fully saturated rings. The second-order valence-electron chi connectivity index (χ2n) is 4.91. The highest BCUT2D eigenvalue weighted by atomic mass is 35.5. The van der Waals surface area contributed by atoms with Gasteiger partial charge in [0, 0.05) is 32.7 Å². The number of carbonyl (C=O) groups excluding carboxylic acids is 1. The topological polar surface area (TPSA) is 32.9 Å². The molecule has 0 amide bonds. The van der Waals surface area contributed by atoms with E-state index in [1.54, 1.807) is 30.3 Å². The standard InChI is InChI=1S/C18H14ClNO/c1-12-15(16-4-2-3-5-17(16)20-12)10-11-18(21)13-6-8-14(19)9-7-13/h2-11,20H,1H3/b11-10+. The smallest absolute Gasteiger partial charge is 0.185 e. The second kappa shape index (κ2) is 5.58. The molecule has 2 nitrogen and oxygen atoms in total. The number of carbonyl (C=O) groups is 1. The van der Waals surface area contributed by atoms with Crippen molar-refractivity contribution in [3.8, 4) is 0 Å². The van der Waals surface area contributed by atoms with Crippen molar-refractivity contribution in [2.45, 2.75) is 6.92 Å². The maximum absolute atomic E-state index is 12.2. The van der Waals surface area contributed by atoms with Gasteiger partial charge < -0.3 is 4.98 Å². The van der Waals surface area contributed by atoms with Gasteiger partial charge in [0.05, 0.1) is 0 Å². The van der Waals surface area contributed by atoms with Crippen molar-refractivity contribution in [2.75, 3.05) is 0 Å². The van der Waals surface area contributed by atoms with Crippen LogP contribution in [-0.4, -0.2) is 10.8 Å². The molecule has 0 saturated carbocycles. The third-order valence-electron chi connectivity index (χ3n) is 3.47. The summed E-state index contributed by atoms with van der Waals surface area (Å²) < 4.78 is 0. The Morgan fingerprint density at radius 1 is 1.10 bits per heavy atom. The average molecular weight is 296 g/mol. The Bertz CT molecular complexity index is 828. The minimum atomic E-state index is -0.0312. The molecule has 0 aliphatic rings. The molecule has 0 spiro atoms. The number of nitrogens with one attached hydrogen (secondary N) is 1. The summed E-state index contributed by atoms with van der Waals surface area (Å²) in [6.07, 6.45) is 3.47. The first-order chi connectivity index (χ1) is 10.1. The minimum Gasteiger partial charge on any atom is -0.358 e. The van der Waals surface area contributed by atoms with Gasteiger partial charge in [-0.1, -0.05) is 29.8 Å². The fourth-order valence-electron chi connectivity index (χ4n) is 2.38. The molecule has 0 atom stereocenters. The molecule has 1 heterocycles. The van der Waals surface area contributed by atoms with Gasteiger partial charge in [-0.05, 0) is 49.4 Å². The van der Waals surface area contributed by atoms with Crippen LogP contribution in [0.5, 0.6) is 0 Å². The fourth-order valence-corrected chi connectivity index (χ4v) is 2.51. The summed E-state index contributed by atoms with van der Waals surface area (Å²) >= 11 is 5.83. The lowest BCUT2D eigenvalue weighted by atomic mass is 10.1. The first kappa shape index (κ1) is 13.7. The van der Waals surface area contributed by atoms with Crippen molar-refractivity contribution >= 4 is 34.4 Å². The highest BCUT2D eigenvalue weighted by Gasteiger charge is 2.06. The average Bonchev–Trinajstić information content (AvgIpc) is 2.81. The van der Waals surface area contributed by atoms with Crippen molar-refractivity contribution in [1.29, 1.82) is 0 Å². The Morgan fingerprint density at radius 3 is 2.57 bits per heavy atom. The van der Waals surface area contributed by atoms with Gasteiger partial charge in [0.15, 0.2) is 5.78 Å². The Balaban J connectivity index is 1.92. The Labute approximate surface area is 128 Å². The monoisotopic (exact) mass is 295 g/mol. The largest absolute Gasteiger partial charge is 0.358 e. The zero-order valence-electron chi connectivity index (χ0n) is 11.6. The number of benzene rings is 2. The van der Waals surface area contributed by atoms with Gasteiger partial charge in [-0.25, -0.2) is 0 Å². The van der Waals surface area contributed by atoms with Gasteiger partial charge in [0.25, 0.3) is 0 Å². The van der Waals surface area contributed by atoms with Crippen LogP contribution >= 0.6 is 11.6 Å². The maximum atomic E-state index is 12.2. The van der Waals surface area contributed by atoms with Gasteiger partial charge in [-0.2, -0.15) is 0 Å². The molecule has 0 aliphatic heterocycles. The number of fused-ring (bicyclic) bond motifs is 1. The van der Waals surface area contributed by atoms with E-state index in [1.807, 2.05) is 37.3 Å². The number of hydrogen-bond donors (Lipinski definition) is 1. The zero-order valence-corrected chi connectivity index (χ0v) is 12.3. The Morgan fingerprint density at radius 2 is 1.81 bits per heavy atom. The molecule has 3 aromatic rings. The number of para-hydroxylation sites is 1. The van der Waals surface area contributed by atoms with Gasteiger partial charge in [0.2, 0.25) is 0 Å². The summed E-state index contributed by atoms with van der Waals surface area (Å²) in [5.74, 6) is -0.0312.